The van der Waals surface area contributed by atoms with E-state index in [4.69, 9.17) is 5.73 Å². The quantitative estimate of drug-likeness (QED) is 0.870. The van der Waals surface area contributed by atoms with Gasteiger partial charge < -0.3 is 10.8 Å². The van der Waals surface area contributed by atoms with Crippen molar-refractivity contribution in [2.24, 2.45) is 17.6 Å². The molecule has 106 valence electrons. The van der Waals surface area contributed by atoms with E-state index in [0.29, 0.717) is 18.4 Å². The maximum atomic E-state index is 10.7. The van der Waals surface area contributed by atoms with Gasteiger partial charge in [0.15, 0.2) is 0 Å². The van der Waals surface area contributed by atoms with Gasteiger partial charge in [-0.2, -0.15) is 0 Å². The number of hydrogen-bond donors (Lipinski definition) is 2. The topological polar surface area (TPSA) is 49.5 Å². The molecule has 1 aromatic rings. The van der Waals surface area contributed by atoms with Crippen LogP contribution in [0.3, 0.4) is 0 Å². The average Bonchev–Trinajstić information content (AvgIpc) is 2.42. The maximum absolute atomic E-state index is 10.7. The van der Waals surface area contributed by atoms with Gasteiger partial charge in [-0.3, -0.25) is 4.90 Å². The minimum atomic E-state index is -0.791. The molecule has 0 aromatic heterocycles. The van der Waals surface area contributed by atoms with Crippen LogP contribution in [0.4, 0.5) is 0 Å². The third-order valence-corrected chi connectivity index (χ3v) is 4.43. The van der Waals surface area contributed by atoms with Crippen LogP contribution < -0.4 is 5.73 Å². The van der Waals surface area contributed by atoms with Crippen molar-refractivity contribution in [2.75, 3.05) is 26.2 Å². The lowest BCUT2D eigenvalue weighted by molar-refractivity contribution is -0.00332. The van der Waals surface area contributed by atoms with Gasteiger partial charge in [0.05, 0.1) is 5.60 Å². The fourth-order valence-corrected chi connectivity index (χ4v) is 3.00. The second-order valence-corrected chi connectivity index (χ2v) is 6.14. The van der Waals surface area contributed by atoms with Crippen LogP contribution in [0.25, 0.3) is 0 Å². The number of aliphatic hydroxyl groups is 1. The van der Waals surface area contributed by atoms with Crippen LogP contribution in [0.2, 0.25) is 0 Å². The Balaban J connectivity index is 2.01. The van der Waals surface area contributed by atoms with Crippen molar-refractivity contribution in [3.8, 4) is 0 Å². The summed E-state index contributed by atoms with van der Waals surface area (Å²) in [6, 6.07) is 9.92. The van der Waals surface area contributed by atoms with Crippen LogP contribution in [-0.4, -0.2) is 36.2 Å². The number of rotatable bonds is 4. The first-order chi connectivity index (χ1) is 9.03. The maximum Gasteiger partial charge on any atom is 0.0994 e. The number of benzene rings is 1. The molecule has 3 unspecified atom stereocenters. The molecule has 0 aliphatic carbocycles. The molecular formula is C16H26N2O. The van der Waals surface area contributed by atoms with Gasteiger partial charge in [0.1, 0.15) is 0 Å². The number of nitrogens with two attached hydrogens (primary N) is 1. The van der Waals surface area contributed by atoms with E-state index in [1.54, 1.807) is 0 Å². The lowest BCUT2D eigenvalue weighted by Gasteiger charge is -2.40. The summed E-state index contributed by atoms with van der Waals surface area (Å²) in [7, 11) is 0. The molecule has 0 bridgehead atoms. The van der Waals surface area contributed by atoms with Gasteiger partial charge in [0.2, 0.25) is 0 Å². The smallest absolute Gasteiger partial charge is 0.0994 e. The number of piperidine rings is 1. The molecule has 3 atom stereocenters. The van der Waals surface area contributed by atoms with Gasteiger partial charge in [-0.25, -0.2) is 0 Å². The zero-order valence-electron chi connectivity index (χ0n) is 12.0. The van der Waals surface area contributed by atoms with Gasteiger partial charge in [-0.15, -0.1) is 0 Å². The molecule has 1 aromatic carbocycles. The summed E-state index contributed by atoms with van der Waals surface area (Å²) in [6.07, 6.45) is 1.17. The minimum absolute atomic E-state index is 0.556. The lowest BCUT2D eigenvalue weighted by Crippen LogP contribution is -2.47. The highest BCUT2D eigenvalue weighted by atomic mass is 16.3. The second-order valence-electron chi connectivity index (χ2n) is 6.14. The summed E-state index contributed by atoms with van der Waals surface area (Å²) in [4.78, 5) is 2.35. The molecule has 19 heavy (non-hydrogen) atoms. The lowest BCUT2D eigenvalue weighted by atomic mass is 9.86. The number of β-amino-alcohol motifs (C(OH)–C–C–N with tert-alkyl or cyclic N) is 1. The first-order valence-corrected chi connectivity index (χ1v) is 7.23. The van der Waals surface area contributed by atoms with Crippen molar-refractivity contribution in [3.63, 3.8) is 0 Å². The standard InChI is InChI=1S/C16H26N2O/c1-13-8-9-18(11-14(13)10-17)12-16(2,19)15-6-4-3-5-7-15/h3-7,13-14,19H,8-12,17H2,1-2H3. The Labute approximate surface area is 116 Å². The molecule has 0 radical (unpaired) electrons. The summed E-state index contributed by atoms with van der Waals surface area (Å²) in [5, 5.41) is 10.7. The summed E-state index contributed by atoms with van der Waals surface area (Å²) in [5.74, 6) is 1.25. The first-order valence-electron chi connectivity index (χ1n) is 7.23. The molecule has 0 saturated carbocycles. The normalized spacial score (nSPS) is 28.0. The van der Waals surface area contributed by atoms with Crippen molar-refractivity contribution >= 4 is 0 Å². The van der Waals surface area contributed by atoms with Crippen LogP contribution in [0.5, 0.6) is 0 Å². The monoisotopic (exact) mass is 262 g/mol. The summed E-state index contributed by atoms with van der Waals surface area (Å²) >= 11 is 0. The number of likely N-dealkylation sites (tertiary alicyclic amines) is 1. The predicted octanol–water partition coefficient (Wildman–Crippen LogP) is 1.81. The van der Waals surface area contributed by atoms with E-state index < -0.39 is 5.60 Å². The predicted molar refractivity (Wildman–Crippen MR) is 78.8 cm³/mol. The van der Waals surface area contributed by atoms with Crippen LogP contribution in [0, 0.1) is 11.8 Å². The Kier molecular flexibility index (Phi) is 4.61. The van der Waals surface area contributed by atoms with E-state index >= 15 is 0 Å². The molecule has 1 saturated heterocycles. The van der Waals surface area contributed by atoms with Gasteiger partial charge in [0.25, 0.3) is 0 Å². The highest BCUT2D eigenvalue weighted by molar-refractivity contribution is 5.21. The van der Waals surface area contributed by atoms with Crippen molar-refractivity contribution in [1.82, 2.24) is 4.90 Å². The van der Waals surface area contributed by atoms with Crippen molar-refractivity contribution in [1.29, 1.82) is 0 Å². The van der Waals surface area contributed by atoms with Crippen LogP contribution >= 0.6 is 0 Å². The number of nitrogens with zero attached hydrogens (tertiary/aromatic N) is 1. The van der Waals surface area contributed by atoms with Gasteiger partial charge in [0, 0.05) is 13.1 Å². The largest absolute Gasteiger partial charge is 0.384 e. The van der Waals surface area contributed by atoms with E-state index in [1.807, 2.05) is 37.3 Å². The Morgan fingerprint density at radius 2 is 2.05 bits per heavy atom. The highest BCUT2D eigenvalue weighted by Crippen LogP contribution is 2.27. The summed E-state index contributed by atoms with van der Waals surface area (Å²) < 4.78 is 0. The molecule has 1 aliphatic rings. The van der Waals surface area contributed by atoms with Crippen molar-refractivity contribution in [3.05, 3.63) is 35.9 Å². The fraction of sp³-hybridized carbons (Fsp3) is 0.625. The van der Waals surface area contributed by atoms with Gasteiger partial charge in [-0.05, 0) is 43.8 Å². The van der Waals surface area contributed by atoms with E-state index in [1.165, 1.54) is 6.42 Å². The molecule has 3 nitrogen and oxygen atoms in total. The van der Waals surface area contributed by atoms with Gasteiger partial charge >= 0.3 is 0 Å². The van der Waals surface area contributed by atoms with Crippen molar-refractivity contribution in [2.45, 2.75) is 25.9 Å². The van der Waals surface area contributed by atoms with Crippen molar-refractivity contribution < 1.29 is 5.11 Å². The van der Waals surface area contributed by atoms with E-state index in [0.717, 1.165) is 25.2 Å². The average molecular weight is 262 g/mol. The zero-order valence-corrected chi connectivity index (χ0v) is 12.0. The Morgan fingerprint density at radius 1 is 1.37 bits per heavy atom. The molecule has 1 aliphatic heterocycles. The first kappa shape index (κ1) is 14.5. The molecule has 3 N–H and O–H groups in total. The van der Waals surface area contributed by atoms with E-state index in [-0.39, 0.29) is 0 Å². The SMILES string of the molecule is CC1CCN(CC(C)(O)c2ccccc2)CC1CN. The molecule has 0 amide bonds. The van der Waals surface area contributed by atoms with Gasteiger partial charge in [-0.1, -0.05) is 37.3 Å². The van der Waals surface area contributed by atoms with E-state index in [2.05, 4.69) is 11.8 Å². The summed E-state index contributed by atoms with van der Waals surface area (Å²) in [6.45, 7) is 7.66. The number of hydrogen-bond acceptors (Lipinski definition) is 3. The zero-order chi connectivity index (χ0) is 13.9. The minimum Gasteiger partial charge on any atom is -0.384 e. The Bertz CT molecular complexity index is 391. The second kappa shape index (κ2) is 6.04. The third kappa shape index (κ3) is 3.56. The molecule has 1 fully saturated rings. The Hall–Kier alpha value is -0.900. The van der Waals surface area contributed by atoms with Crippen LogP contribution in [0.1, 0.15) is 25.8 Å². The fourth-order valence-electron chi connectivity index (χ4n) is 3.00. The molecule has 1 heterocycles. The molecule has 3 heteroatoms. The van der Waals surface area contributed by atoms with Crippen LogP contribution in [0.15, 0.2) is 30.3 Å². The molecule has 0 spiro atoms. The third-order valence-electron chi connectivity index (χ3n) is 4.43. The molecular weight excluding hydrogens is 236 g/mol. The van der Waals surface area contributed by atoms with Crippen LogP contribution in [-0.2, 0) is 5.60 Å². The van der Waals surface area contributed by atoms with E-state index in [9.17, 15) is 5.11 Å². The highest BCUT2D eigenvalue weighted by Gasteiger charge is 2.31. The Morgan fingerprint density at radius 3 is 2.68 bits per heavy atom. The summed E-state index contributed by atoms with van der Waals surface area (Å²) in [5.41, 5.74) is 6.04. The molecule has 2 rings (SSSR count).